The Morgan fingerprint density at radius 3 is 2.41 bits per heavy atom. The Balaban J connectivity index is 1.64. The van der Waals surface area contributed by atoms with Crippen molar-refractivity contribution >= 4 is 33.1 Å². The second-order valence-electron chi connectivity index (χ2n) is 7.82. The molecule has 4 rings (SSSR count). The second kappa shape index (κ2) is 9.39. The van der Waals surface area contributed by atoms with Crippen molar-refractivity contribution in [1.29, 1.82) is 0 Å². The summed E-state index contributed by atoms with van der Waals surface area (Å²) >= 11 is 0. The molecule has 3 aromatic rings. The molecule has 0 aliphatic carbocycles. The molecule has 2 aromatic heterocycles. The Morgan fingerprint density at radius 2 is 1.79 bits per heavy atom. The predicted molar refractivity (Wildman–Crippen MR) is 129 cm³/mol. The molecule has 0 amide bonds. The lowest BCUT2D eigenvalue weighted by atomic mass is 10.1. The van der Waals surface area contributed by atoms with E-state index in [1.165, 1.54) is 41.9 Å². The number of morpholine rings is 1. The number of hydrogen-bond donors (Lipinski definition) is 1. The van der Waals surface area contributed by atoms with Gasteiger partial charge in [0.1, 0.15) is 17.2 Å². The Bertz CT molecular complexity index is 1380. The number of nitrogens with one attached hydrogen (secondary N) is 1. The second-order valence-corrected chi connectivity index (χ2v) is 9.39. The van der Waals surface area contributed by atoms with Crippen LogP contribution in [-0.4, -0.2) is 63.1 Å². The quantitative estimate of drug-likeness (QED) is 0.532. The maximum absolute atomic E-state index is 12.8. The van der Waals surface area contributed by atoms with Crippen molar-refractivity contribution in [1.82, 2.24) is 14.2 Å². The molecule has 3 heterocycles. The van der Waals surface area contributed by atoms with E-state index in [0.717, 1.165) is 11.0 Å². The van der Waals surface area contributed by atoms with Crippen LogP contribution in [-0.2, 0) is 21.8 Å². The molecule has 1 fully saturated rings. The van der Waals surface area contributed by atoms with Crippen LogP contribution >= 0.6 is 0 Å². The fraction of sp³-hybridized carbons (Fsp3) is 0.364. The molecule has 0 atom stereocenters. The van der Waals surface area contributed by atoms with E-state index in [1.807, 2.05) is 11.8 Å². The summed E-state index contributed by atoms with van der Waals surface area (Å²) < 4.78 is 47.1. The fourth-order valence-corrected chi connectivity index (χ4v) is 4.68. The third-order valence-electron chi connectivity index (χ3n) is 5.53. The summed E-state index contributed by atoms with van der Waals surface area (Å²) in [5, 5.41) is 1.03. The Kier molecular flexibility index (Phi) is 6.53. The number of aryl methyl sites for hydroxylation is 2. The van der Waals surface area contributed by atoms with Gasteiger partial charge in [-0.2, -0.15) is 0 Å². The molecule has 1 N–H and O–H groups in total. The molecule has 0 unspecified atom stereocenters. The summed E-state index contributed by atoms with van der Waals surface area (Å²) in [5.74, 6) is 0.980. The van der Waals surface area contributed by atoms with Gasteiger partial charge in [-0.15, -0.1) is 0 Å². The molecular weight excluding hydrogens is 462 g/mol. The van der Waals surface area contributed by atoms with Crippen LogP contribution in [0.4, 0.5) is 11.4 Å². The van der Waals surface area contributed by atoms with Crippen molar-refractivity contribution in [3.63, 3.8) is 0 Å². The summed E-state index contributed by atoms with van der Waals surface area (Å²) in [7, 11) is 0.710. The smallest absolute Gasteiger partial charge is 0.292 e. The van der Waals surface area contributed by atoms with Gasteiger partial charge in [0, 0.05) is 20.1 Å². The lowest BCUT2D eigenvalue weighted by Gasteiger charge is -2.26. The van der Waals surface area contributed by atoms with E-state index in [0.29, 0.717) is 54.7 Å². The van der Waals surface area contributed by atoms with Crippen LogP contribution in [0.2, 0.25) is 0 Å². The molecule has 1 aliphatic rings. The Morgan fingerprint density at radius 1 is 1.15 bits per heavy atom. The van der Waals surface area contributed by atoms with Gasteiger partial charge in [-0.1, -0.05) is 0 Å². The van der Waals surface area contributed by atoms with Gasteiger partial charge in [-0.05, 0) is 30.7 Å². The van der Waals surface area contributed by atoms with Crippen molar-refractivity contribution < 1.29 is 22.6 Å². The summed E-state index contributed by atoms with van der Waals surface area (Å²) in [6, 6.07) is 3.58. The van der Waals surface area contributed by atoms with Crippen molar-refractivity contribution in [2.45, 2.75) is 6.92 Å². The molecule has 1 saturated heterocycles. The van der Waals surface area contributed by atoms with Crippen LogP contribution in [0.3, 0.4) is 0 Å². The minimum Gasteiger partial charge on any atom is -0.496 e. The zero-order chi connectivity index (χ0) is 24.5. The standard InChI is InChI=1S/C22H27N5O6S/c1-15-11-18(31-3)17(19(12-15)32-4)5-10-34(29,30)24-16-13-23-21-20(26-6-8-33-9-7-26)22(28)25(2)27(21)14-16/h5,10-14,24H,6-9H2,1-4H3/b10-5+. The van der Waals surface area contributed by atoms with E-state index in [9.17, 15) is 13.2 Å². The first kappa shape index (κ1) is 23.6. The van der Waals surface area contributed by atoms with Gasteiger partial charge in [0.25, 0.3) is 15.6 Å². The molecule has 0 radical (unpaired) electrons. The highest BCUT2D eigenvalue weighted by atomic mass is 32.2. The first-order chi connectivity index (χ1) is 16.2. The van der Waals surface area contributed by atoms with Gasteiger partial charge >= 0.3 is 0 Å². The van der Waals surface area contributed by atoms with Crippen molar-refractivity contribution in [3.05, 3.63) is 51.4 Å². The van der Waals surface area contributed by atoms with Gasteiger partial charge in [0.15, 0.2) is 5.65 Å². The number of benzene rings is 1. The van der Waals surface area contributed by atoms with E-state index < -0.39 is 10.0 Å². The maximum atomic E-state index is 12.8. The number of fused-ring (bicyclic) bond motifs is 1. The molecule has 11 nitrogen and oxygen atoms in total. The monoisotopic (exact) mass is 489 g/mol. The highest BCUT2D eigenvalue weighted by Crippen LogP contribution is 2.32. The maximum Gasteiger partial charge on any atom is 0.292 e. The van der Waals surface area contributed by atoms with Crippen LogP contribution < -0.4 is 24.7 Å². The third-order valence-corrected chi connectivity index (χ3v) is 6.54. The topological polar surface area (TPSA) is 116 Å². The van der Waals surface area contributed by atoms with E-state index >= 15 is 0 Å². The van der Waals surface area contributed by atoms with E-state index in [2.05, 4.69) is 9.71 Å². The lowest BCUT2D eigenvalue weighted by Crippen LogP contribution is -2.39. The van der Waals surface area contributed by atoms with Crippen molar-refractivity contribution in [3.8, 4) is 11.5 Å². The highest BCUT2D eigenvalue weighted by Gasteiger charge is 2.22. The minimum atomic E-state index is -3.91. The number of ether oxygens (including phenoxy) is 3. The molecule has 1 aromatic carbocycles. The molecule has 1 aliphatic heterocycles. The summed E-state index contributed by atoms with van der Waals surface area (Å²) in [6.45, 7) is 4.12. The number of sulfonamides is 1. The number of anilines is 2. The van der Waals surface area contributed by atoms with Crippen molar-refractivity contribution in [2.75, 3.05) is 50.1 Å². The molecule has 12 heteroatoms. The third kappa shape index (κ3) is 4.59. The number of nitrogens with zero attached hydrogens (tertiary/aromatic N) is 4. The number of methoxy groups -OCH3 is 2. The first-order valence-corrected chi connectivity index (χ1v) is 12.1. The largest absolute Gasteiger partial charge is 0.496 e. The summed E-state index contributed by atoms with van der Waals surface area (Å²) in [4.78, 5) is 19.1. The number of aromatic nitrogens is 3. The first-order valence-electron chi connectivity index (χ1n) is 10.6. The SMILES string of the molecule is COc1cc(C)cc(OC)c1/C=C/S(=O)(=O)Nc1cnc2c(N3CCOCC3)c(=O)n(C)n2c1. The molecular formula is C22H27N5O6S. The molecule has 34 heavy (non-hydrogen) atoms. The average molecular weight is 490 g/mol. The zero-order valence-corrected chi connectivity index (χ0v) is 20.3. The zero-order valence-electron chi connectivity index (χ0n) is 19.4. The molecule has 182 valence electrons. The molecule has 0 spiro atoms. The lowest BCUT2D eigenvalue weighted by molar-refractivity contribution is 0.122. The van der Waals surface area contributed by atoms with Crippen molar-refractivity contribution in [2.24, 2.45) is 7.05 Å². The van der Waals surface area contributed by atoms with E-state index in [1.54, 1.807) is 19.2 Å². The fourth-order valence-electron chi connectivity index (χ4n) is 3.87. The number of rotatable bonds is 7. The van der Waals surface area contributed by atoms with E-state index in [4.69, 9.17) is 14.2 Å². The van der Waals surface area contributed by atoms with Crippen LogP contribution in [0.1, 0.15) is 11.1 Å². The van der Waals surface area contributed by atoms with Gasteiger partial charge in [-0.25, -0.2) is 22.6 Å². The summed E-state index contributed by atoms with van der Waals surface area (Å²) in [5.41, 5.74) is 2.32. The van der Waals surface area contributed by atoms with Gasteiger partial charge in [0.2, 0.25) is 0 Å². The Hall–Kier alpha value is -3.51. The normalized spacial score (nSPS) is 14.6. The highest BCUT2D eigenvalue weighted by molar-refractivity contribution is 7.95. The molecule has 0 saturated carbocycles. The van der Waals surface area contributed by atoms with E-state index in [-0.39, 0.29) is 11.2 Å². The van der Waals surface area contributed by atoms with Gasteiger partial charge < -0.3 is 19.1 Å². The Labute approximate surface area is 197 Å². The van der Waals surface area contributed by atoms with Crippen LogP contribution in [0.15, 0.2) is 34.7 Å². The number of hydrogen-bond acceptors (Lipinski definition) is 8. The van der Waals surface area contributed by atoms with Gasteiger partial charge in [0.05, 0.1) is 56.5 Å². The summed E-state index contributed by atoms with van der Waals surface area (Å²) in [6.07, 6.45) is 4.32. The van der Waals surface area contributed by atoms with Crippen LogP contribution in [0.5, 0.6) is 11.5 Å². The van der Waals surface area contributed by atoms with Crippen LogP contribution in [0, 0.1) is 6.92 Å². The molecule has 0 bridgehead atoms. The predicted octanol–water partition coefficient (Wildman–Crippen LogP) is 1.61. The average Bonchev–Trinajstić information content (AvgIpc) is 3.07. The van der Waals surface area contributed by atoms with Crippen LogP contribution in [0.25, 0.3) is 11.7 Å². The minimum absolute atomic E-state index is 0.208. The van der Waals surface area contributed by atoms with Gasteiger partial charge in [-0.3, -0.25) is 9.52 Å².